The van der Waals surface area contributed by atoms with Gasteiger partial charge in [0.25, 0.3) is 17.7 Å². The lowest BCUT2D eigenvalue weighted by Gasteiger charge is -2.49. The standard InChI is InChI=1S/C23H24N8O6S2/c1-10-12(24)3-2-6-30(10)7-11-8-38-21-16(20(34)31(21)17(11)22(35)36)28-19(33)15(13-9-39-23(25)27-13)29-37-14-4-5-26-18(14)32/h2-3,6,9,14,16,21H,4-5,7-8,24H2,1H3,(H4-,25,26,27,28,32,33,35,36)/p+1/b29-15-/t14-,16+,21-/m0/s1. The second-order valence-corrected chi connectivity index (χ2v) is 11.0. The van der Waals surface area contributed by atoms with E-state index in [4.69, 9.17) is 16.3 Å². The van der Waals surface area contributed by atoms with Crippen LogP contribution in [0.4, 0.5) is 10.8 Å². The number of rotatable bonds is 8. The van der Waals surface area contributed by atoms with Gasteiger partial charge in [0.15, 0.2) is 23.6 Å². The fraction of sp³-hybridized carbons (Fsp3) is 0.348. The second kappa shape index (κ2) is 10.5. The van der Waals surface area contributed by atoms with Gasteiger partial charge in [0.1, 0.15) is 22.8 Å². The van der Waals surface area contributed by atoms with E-state index in [-0.39, 0.29) is 34.7 Å². The second-order valence-electron chi connectivity index (χ2n) is 8.98. The van der Waals surface area contributed by atoms with E-state index in [1.54, 1.807) is 18.3 Å². The molecule has 2 aromatic rings. The molecule has 39 heavy (non-hydrogen) atoms. The highest BCUT2D eigenvalue weighted by Gasteiger charge is 2.55. The molecule has 3 aliphatic heterocycles. The lowest BCUT2D eigenvalue weighted by atomic mass is 10.0. The van der Waals surface area contributed by atoms with Gasteiger partial charge in [-0.15, -0.1) is 23.1 Å². The SMILES string of the molecule is Cc1c(N)ccc[n+]1CC1=C(C(=O)O)N2C(=O)[C@@H](NC(=O)/C(=N\O[C@H]3CCNC3=O)c3csc(N)n3)[C@@H]2SC1. The first-order chi connectivity index (χ1) is 18.7. The van der Waals surface area contributed by atoms with Gasteiger partial charge in [-0.1, -0.05) is 5.16 Å². The molecule has 0 spiro atoms. The molecule has 0 aliphatic carbocycles. The number of thioether (sulfide) groups is 1. The van der Waals surface area contributed by atoms with Crippen LogP contribution in [0.25, 0.3) is 0 Å². The highest BCUT2D eigenvalue weighted by atomic mass is 32.2. The number of carbonyl (C=O) groups excluding carboxylic acids is 3. The average Bonchev–Trinajstić information content (AvgIpc) is 3.52. The molecular formula is C23H25N8O6S2+. The summed E-state index contributed by atoms with van der Waals surface area (Å²) in [7, 11) is 0. The maximum Gasteiger partial charge on any atom is 0.352 e. The molecular weight excluding hydrogens is 548 g/mol. The number of nitrogens with one attached hydrogen (secondary N) is 2. The fourth-order valence-electron chi connectivity index (χ4n) is 4.43. The van der Waals surface area contributed by atoms with Crippen molar-refractivity contribution in [3.05, 3.63) is 46.4 Å². The van der Waals surface area contributed by atoms with Crippen LogP contribution in [-0.2, 0) is 30.6 Å². The Balaban J connectivity index is 1.35. The van der Waals surface area contributed by atoms with Crippen LogP contribution in [-0.4, -0.2) is 74.2 Å². The van der Waals surface area contributed by atoms with E-state index in [2.05, 4.69) is 20.8 Å². The Labute approximate surface area is 230 Å². The van der Waals surface area contributed by atoms with Crippen molar-refractivity contribution in [2.45, 2.75) is 37.4 Å². The number of carbonyl (C=O) groups is 4. The number of carboxylic acids is 1. The van der Waals surface area contributed by atoms with Crippen molar-refractivity contribution in [1.82, 2.24) is 20.5 Å². The number of aliphatic carboxylic acids is 1. The number of fused-ring (bicyclic) bond motifs is 1. The number of aromatic nitrogens is 2. The van der Waals surface area contributed by atoms with Crippen LogP contribution in [0.2, 0.25) is 0 Å². The summed E-state index contributed by atoms with van der Waals surface area (Å²) < 4.78 is 1.82. The summed E-state index contributed by atoms with van der Waals surface area (Å²) in [6.45, 7) is 2.49. The number of anilines is 2. The Bertz CT molecular complexity index is 1440. The number of nitrogen functional groups attached to an aromatic ring is 2. The zero-order valence-corrected chi connectivity index (χ0v) is 22.3. The molecule has 0 radical (unpaired) electrons. The number of amides is 3. The van der Waals surface area contributed by atoms with E-state index in [1.165, 1.54) is 22.0 Å². The third-order valence-corrected chi connectivity index (χ3v) is 8.55. The van der Waals surface area contributed by atoms with E-state index >= 15 is 0 Å². The van der Waals surface area contributed by atoms with Crippen molar-refractivity contribution < 1.29 is 33.7 Å². The third kappa shape index (κ3) is 4.99. The quantitative estimate of drug-likeness (QED) is 0.112. The molecule has 5 heterocycles. The first-order valence-electron chi connectivity index (χ1n) is 11.8. The van der Waals surface area contributed by atoms with Gasteiger partial charge in [0, 0.05) is 42.7 Å². The predicted octanol–water partition coefficient (Wildman–Crippen LogP) is -1.05. The monoisotopic (exact) mass is 573 g/mol. The molecule has 7 N–H and O–H groups in total. The lowest BCUT2D eigenvalue weighted by molar-refractivity contribution is -0.694. The molecule has 0 aromatic carbocycles. The summed E-state index contributed by atoms with van der Waals surface area (Å²) in [6, 6.07) is 2.51. The lowest BCUT2D eigenvalue weighted by Crippen LogP contribution is -2.71. The van der Waals surface area contributed by atoms with Gasteiger partial charge >= 0.3 is 5.97 Å². The first-order valence-corrected chi connectivity index (χ1v) is 13.8. The maximum absolute atomic E-state index is 13.2. The van der Waals surface area contributed by atoms with Gasteiger partial charge in [-0.25, -0.2) is 9.78 Å². The number of nitrogens with zero attached hydrogens (tertiary/aromatic N) is 4. The predicted molar refractivity (Wildman–Crippen MR) is 141 cm³/mol. The normalized spacial score (nSPS) is 22.7. The van der Waals surface area contributed by atoms with Gasteiger partial charge in [0.05, 0.1) is 5.69 Å². The Morgan fingerprint density at radius 3 is 2.85 bits per heavy atom. The van der Waals surface area contributed by atoms with Crippen LogP contribution in [0.5, 0.6) is 0 Å². The van der Waals surface area contributed by atoms with Crippen LogP contribution >= 0.6 is 23.1 Å². The summed E-state index contributed by atoms with van der Waals surface area (Å²) in [4.78, 5) is 61.0. The van der Waals surface area contributed by atoms with Crippen molar-refractivity contribution >= 4 is 63.3 Å². The minimum atomic E-state index is -1.24. The Morgan fingerprint density at radius 1 is 1.38 bits per heavy atom. The molecule has 3 amide bonds. The molecule has 0 unspecified atom stereocenters. The molecule has 5 rings (SSSR count). The highest BCUT2D eigenvalue weighted by Crippen LogP contribution is 2.40. The number of carboxylic acid groups (broad SMARTS) is 1. The van der Waals surface area contributed by atoms with Crippen LogP contribution in [0.3, 0.4) is 0 Å². The first kappa shape index (κ1) is 26.4. The van der Waals surface area contributed by atoms with Crippen molar-refractivity contribution in [2.75, 3.05) is 23.8 Å². The molecule has 2 aromatic heterocycles. The van der Waals surface area contributed by atoms with E-state index < -0.39 is 35.3 Å². The third-order valence-electron chi connectivity index (χ3n) is 6.54. The van der Waals surface area contributed by atoms with Crippen molar-refractivity contribution in [2.24, 2.45) is 5.16 Å². The smallest absolute Gasteiger partial charge is 0.352 e. The minimum absolute atomic E-state index is 0.111. The average molecular weight is 574 g/mol. The summed E-state index contributed by atoms with van der Waals surface area (Å²) in [6.07, 6.45) is 1.31. The molecule has 0 bridgehead atoms. The van der Waals surface area contributed by atoms with Crippen LogP contribution in [0, 0.1) is 6.92 Å². The number of nitrogens with two attached hydrogens (primary N) is 2. The van der Waals surface area contributed by atoms with Crippen molar-refractivity contribution in [3.63, 3.8) is 0 Å². The topological polar surface area (TPSA) is 206 Å². The van der Waals surface area contributed by atoms with Crippen LogP contribution < -0.4 is 26.7 Å². The van der Waals surface area contributed by atoms with E-state index in [0.717, 1.165) is 17.0 Å². The number of thiazole rings is 1. The van der Waals surface area contributed by atoms with Gasteiger partial charge < -0.3 is 32.0 Å². The van der Waals surface area contributed by atoms with Gasteiger partial charge in [-0.3, -0.25) is 19.3 Å². The Morgan fingerprint density at radius 2 is 2.18 bits per heavy atom. The molecule has 3 aliphatic rings. The van der Waals surface area contributed by atoms with E-state index in [1.807, 2.05) is 11.5 Å². The van der Waals surface area contributed by atoms with Crippen molar-refractivity contribution in [1.29, 1.82) is 0 Å². The Hall–Kier alpha value is -4.18. The van der Waals surface area contributed by atoms with Gasteiger partial charge in [0.2, 0.25) is 11.8 Å². The Kier molecular flexibility index (Phi) is 7.14. The number of hydrogen-bond donors (Lipinski definition) is 5. The number of pyridine rings is 1. The maximum atomic E-state index is 13.2. The fourth-order valence-corrected chi connectivity index (χ4v) is 6.31. The van der Waals surface area contributed by atoms with Gasteiger partial charge in [-0.05, 0) is 6.07 Å². The number of hydrogen-bond acceptors (Lipinski definition) is 11. The molecule has 204 valence electrons. The summed E-state index contributed by atoms with van der Waals surface area (Å²) >= 11 is 2.42. The van der Waals surface area contributed by atoms with E-state index in [9.17, 15) is 24.3 Å². The number of oxime groups is 1. The zero-order chi connectivity index (χ0) is 27.8. The minimum Gasteiger partial charge on any atom is -0.477 e. The summed E-state index contributed by atoms with van der Waals surface area (Å²) in [5, 5.41) is 20.2. The molecule has 0 saturated carbocycles. The van der Waals surface area contributed by atoms with Crippen LogP contribution in [0.15, 0.2) is 40.1 Å². The molecule has 2 saturated heterocycles. The molecule has 2 fully saturated rings. The molecule has 3 atom stereocenters. The number of β-lactam (4-membered cyclic amide) rings is 1. The summed E-state index contributed by atoms with van der Waals surface area (Å²) in [5.41, 5.74) is 13.3. The largest absolute Gasteiger partial charge is 0.477 e. The van der Waals surface area contributed by atoms with Crippen molar-refractivity contribution in [3.8, 4) is 0 Å². The zero-order valence-electron chi connectivity index (χ0n) is 20.6. The molecule has 16 heteroatoms. The summed E-state index contributed by atoms with van der Waals surface area (Å²) in [5.74, 6) is -2.60. The molecule has 14 nitrogen and oxygen atoms in total. The van der Waals surface area contributed by atoms with E-state index in [0.29, 0.717) is 30.0 Å². The van der Waals surface area contributed by atoms with Crippen LogP contribution in [0.1, 0.15) is 17.8 Å². The highest BCUT2D eigenvalue weighted by molar-refractivity contribution is 8.00. The van der Waals surface area contributed by atoms with Gasteiger partial charge in [-0.2, -0.15) is 4.57 Å².